The van der Waals surface area contributed by atoms with Crippen molar-refractivity contribution >= 4 is 5.91 Å². The van der Waals surface area contributed by atoms with E-state index in [-0.39, 0.29) is 7.33 Å². The summed E-state index contributed by atoms with van der Waals surface area (Å²) in [6.07, 6.45) is 9.11. The van der Waals surface area contributed by atoms with Gasteiger partial charge in [-0.3, -0.25) is 4.79 Å². The van der Waals surface area contributed by atoms with Gasteiger partial charge >= 0.3 is 0 Å². The molecule has 0 rings (SSSR count). The lowest BCUT2D eigenvalue weighted by atomic mass is 10.1. The van der Waals surface area contributed by atoms with Gasteiger partial charge in [0.2, 0.25) is 5.91 Å². The van der Waals surface area contributed by atoms with Crippen molar-refractivity contribution in [1.82, 2.24) is 5.32 Å². The van der Waals surface area contributed by atoms with Crippen molar-refractivity contribution in [2.75, 3.05) is 6.54 Å². The van der Waals surface area contributed by atoms with E-state index in [4.69, 9.17) is 0 Å². The smallest absolute Gasteiger partial charge is 0.216 e. The number of amides is 1. The van der Waals surface area contributed by atoms with Crippen molar-refractivity contribution in [1.29, 1.82) is 0 Å². The van der Waals surface area contributed by atoms with Crippen LogP contribution in [0.15, 0.2) is 0 Å². The second kappa shape index (κ2) is 9.56. The zero-order valence-corrected chi connectivity index (χ0v) is 9.07. The van der Waals surface area contributed by atoms with Gasteiger partial charge in [-0.05, 0) is 6.42 Å². The monoisotopic (exact) mass is 187 g/mol. The van der Waals surface area contributed by atoms with E-state index in [0.717, 1.165) is 13.0 Å². The van der Waals surface area contributed by atoms with Crippen LogP contribution >= 0.6 is 0 Å². The quantitative estimate of drug-likeness (QED) is 0.581. The van der Waals surface area contributed by atoms with Gasteiger partial charge in [0, 0.05) is 14.9 Å². The van der Waals surface area contributed by atoms with Gasteiger partial charge in [-0.2, -0.15) is 0 Å². The Morgan fingerprint density at radius 1 is 1.08 bits per heavy atom. The maximum Gasteiger partial charge on any atom is 0.216 e. The first kappa shape index (κ1) is 12.5. The molecule has 0 aromatic heterocycles. The van der Waals surface area contributed by atoms with E-state index in [1.54, 1.807) is 6.92 Å². The van der Waals surface area contributed by atoms with Crippen LogP contribution < -0.4 is 5.32 Å². The summed E-state index contributed by atoms with van der Waals surface area (Å²) in [5, 5.41) is 2.81. The van der Waals surface area contributed by atoms with Crippen LogP contribution in [-0.4, -0.2) is 12.5 Å². The molecule has 0 aromatic carbocycles. The summed E-state index contributed by atoms with van der Waals surface area (Å²) in [4.78, 5) is 10.5. The third kappa shape index (κ3) is 11.5. The minimum Gasteiger partial charge on any atom is -0.356 e. The fraction of sp³-hybridized carbons (Fsp3) is 0.909. The predicted molar refractivity (Wildman–Crippen MR) is 58.8 cm³/mol. The number of unbranched alkanes of at least 4 members (excludes halogenated alkanes) is 6. The summed E-state index contributed by atoms with van der Waals surface area (Å²) in [6, 6.07) is 0. The Morgan fingerprint density at radius 2 is 1.62 bits per heavy atom. The fourth-order valence-corrected chi connectivity index (χ4v) is 1.35. The fourth-order valence-electron chi connectivity index (χ4n) is 1.35. The average Bonchev–Trinajstić information content (AvgIpc) is 2.09. The van der Waals surface area contributed by atoms with Crippen molar-refractivity contribution in [3.63, 3.8) is 0 Å². The van der Waals surface area contributed by atoms with Gasteiger partial charge in [-0.25, -0.2) is 0 Å². The summed E-state index contributed by atoms with van der Waals surface area (Å²) in [7, 11) is 0. The van der Waals surface area contributed by atoms with Crippen molar-refractivity contribution in [2.24, 2.45) is 0 Å². The molecule has 2 nitrogen and oxygen atoms in total. The van der Waals surface area contributed by atoms with E-state index < -0.39 is 0 Å². The van der Waals surface area contributed by atoms with E-state index in [9.17, 15) is 4.79 Å². The molecule has 0 unspecified atom stereocenters. The second-order valence-electron chi connectivity index (χ2n) is 3.60. The Kier molecular flexibility index (Phi) is 9.17. The predicted octanol–water partition coefficient (Wildman–Crippen LogP) is 3.12. The van der Waals surface area contributed by atoms with E-state index in [2.05, 4.69) is 12.2 Å². The molecule has 0 heterocycles. The molecule has 0 radical (unpaired) electrons. The molecule has 0 fully saturated rings. The average molecular weight is 187 g/mol. The van der Waals surface area contributed by atoms with E-state index in [1.807, 2.05) is 0 Å². The van der Waals surface area contributed by atoms with Crippen LogP contribution in [0.4, 0.5) is 0 Å². The molecule has 1 amide bonds. The summed E-state index contributed by atoms with van der Waals surface area (Å²) in [5.74, 6) is 0.0889. The summed E-state index contributed by atoms with van der Waals surface area (Å²) >= 11 is 0. The minimum absolute atomic E-state index is 0. The number of hydrogen-bond donors (Lipinski definition) is 1. The van der Waals surface area contributed by atoms with Gasteiger partial charge in [0.1, 0.15) is 0 Å². The third-order valence-electron chi connectivity index (χ3n) is 2.15. The van der Waals surface area contributed by atoms with Crippen molar-refractivity contribution in [2.45, 2.75) is 58.8 Å². The number of rotatable bonds is 8. The zero-order valence-electron chi connectivity index (χ0n) is 9.07. The molecule has 0 bridgehead atoms. The lowest BCUT2D eigenvalue weighted by Crippen LogP contribution is -2.20. The Balaban J connectivity index is 0. The number of carbonyl (C=O) groups is 1. The molecule has 0 aliphatic heterocycles. The van der Waals surface area contributed by atoms with Gasteiger partial charge in [-0.1, -0.05) is 45.4 Å². The molecule has 2 heteroatoms. The Hall–Kier alpha value is -0.530. The van der Waals surface area contributed by atoms with Crippen molar-refractivity contribution in [3.8, 4) is 0 Å². The first-order valence-corrected chi connectivity index (χ1v) is 5.51. The number of nitrogens with one attached hydrogen (secondary N) is 1. The summed E-state index contributed by atoms with van der Waals surface area (Å²) < 4.78 is 0. The standard InChI is InChI=1S/C11H23NO.H2/c1-3-4-5-6-7-8-9-10-12-11(2)13;/h3-10H2,1-2H3,(H,12,13);1H. The lowest BCUT2D eigenvalue weighted by Gasteiger charge is -2.01. The highest BCUT2D eigenvalue weighted by molar-refractivity contribution is 5.72. The van der Waals surface area contributed by atoms with Crippen LogP contribution in [0.2, 0.25) is 0 Å². The maximum absolute atomic E-state index is 10.5. The van der Waals surface area contributed by atoms with E-state index in [0.29, 0.717) is 0 Å². The molecule has 0 aromatic rings. The van der Waals surface area contributed by atoms with Crippen LogP contribution in [0.1, 0.15) is 60.2 Å². The van der Waals surface area contributed by atoms with Gasteiger partial charge in [0.15, 0.2) is 0 Å². The molecule has 0 saturated carbocycles. The highest BCUT2D eigenvalue weighted by atomic mass is 16.1. The van der Waals surface area contributed by atoms with Gasteiger partial charge in [-0.15, -0.1) is 0 Å². The molecule has 0 saturated heterocycles. The Bertz CT molecular complexity index is 128. The molecule has 0 atom stereocenters. The molecular formula is C11H25NO. The van der Waals surface area contributed by atoms with Crippen LogP contribution in [-0.2, 0) is 4.79 Å². The van der Waals surface area contributed by atoms with Gasteiger partial charge < -0.3 is 5.32 Å². The van der Waals surface area contributed by atoms with Crippen molar-refractivity contribution < 1.29 is 6.22 Å². The second-order valence-corrected chi connectivity index (χ2v) is 3.60. The topological polar surface area (TPSA) is 29.1 Å². The number of carbonyl (C=O) groups excluding carboxylic acids is 1. The minimum atomic E-state index is 0. The zero-order chi connectivity index (χ0) is 9.94. The highest BCUT2D eigenvalue weighted by Crippen LogP contribution is 2.05. The Morgan fingerprint density at radius 3 is 2.15 bits per heavy atom. The van der Waals surface area contributed by atoms with Crippen molar-refractivity contribution in [3.05, 3.63) is 0 Å². The van der Waals surface area contributed by atoms with E-state index >= 15 is 0 Å². The van der Waals surface area contributed by atoms with Crippen LogP contribution in [0.25, 0.3) is 0 Å². The van der Waals surface area contributed by atoms with Gasteiger partial charge in [0.25, 0.3) is 0 Å². The highest BCUT2D eigenvalue weighted by Gasteiger charge is 1.91. The molecule has 0 aliphatic rings. The molecular weight excluding hydrogens is 162 g/mol. The normalized spacial score (nSPS) is 10.0. The van der Waals surface area contributed by atoms with Crippen LogP contribution in [0, 0.1) is 0 Å². The Labute approximate surface area is 83.6 Å². The largest absolute Gasteiger partial charge is 0.356 e. The third-order valence-corrected chi connectivity index (χ3v) is 2.15. The first-order valence-electron chi connectivity index (χ1n) is 5.51. The van der Waals surface area contributed by atoms with Crippen LogP contribution in [0.3, 0.4) is 0 Å². The van der Waals surface area contributed by atoms with E-state index in [1.165, 1.54) is 38.5 Å². The lowest BCUT2D eigenvalue weighted by molar-refractivity contribution is -0.118. The molecule has 13 heavy (non-hydrogen) atoms. The number of hydrogen-bond acceptors (Lipinski definition) is 1. The summed E-state index contributed by atoms with van der Waals surface area (Å²) in [5.41, 5.74) is 0. The molecule has 1 N–H and O–H groups in total. The summed E-state index contributed by atoms with van der Waals surface area (Å²) in [6.45, 7) is 4.65. The first-order chi connectivity index (χ1) is 6.27. The molecule has 0 aliphatic carbocycles. The molecule has 0 spiro atoms. The SMILES string of the molecule is CCCCCCCCCNC(C)=O.[HH]. The van der Waals surface area contributed by atoms with Gasteiger partial charge in [0.05, 0.1) is 0 Å². The maximum atomic E-state index is 10.5. The van der Waals surface area contributed by atoms with Crippen LogP contribution in [0.5, 0.6) is 0 Å². The molecule has 80 valence electrons.